The molecular formula is C85H164Br2N4O11. The van der Waals surface area contributed by atoms with Crippen LogP contribution < -0.4 is 34.0 Å². The van der Waals surface area contributed by atoms with Gasteiger partial charge in [-0.25, -0.2) is 0 Å². The first-order valence-electron chi connectivity index (χ1n) is 42.2. The first kappa shape index (κ1) is 105. The molecular weight excluding hydrogens is 1410 g/mol. The molecule has 0 aliphatic heterocycles. The Hall–Kier alpha value is -2.86. The van der Waals surface area contributed by atoms with Crippen LogP contribution in [0, 0.1) is 0 Å². The van der Waals surface area contributed by atoms with Crippen molar-refractivity contribution < 1.29 is 95.8 Å². The Balaban J connectivity index is -0.000000935. The molecule has 0 bridgehead atoms. The molecule has 1 N–H and O–H groups in total. The van der Waals surface area contributed by atoms with Crippen LogP contribution in [-0.4, -0.2) is 173 Å². The van der Waals surface area contributed by atoms with Crippen LogP contribution in [-0.2, 0) is 47.7 Å². The highest BCUT2D eigenvalue weighted by atomic mass is 79.9. The maximum atomic E-state index is 13.3. The molecule has 0 aromatic carbocycles. The van der Waals surface area contributed by atoms with Gasteiger partial charge in [-0.3, -0.25) is 28.8 Å². The van der Waals surface area contributed by atoms with Gasteiger partial charge < -0.3 is 76.8 Å². The predicted octanol–water partition coefficient (Wildman–Crippen LogP) is 14.8. The summed E-state index contributed by atoms with van der Waals surface area (Å²) in [6.45, 7) is 14.8. The Kier molecular flexibility index (Phi) is 83.4. The number of unbranched alkanes of at least 4 members (excludes halogenated alkanes) is 42. The number of allylic oxidation sites excluding steroid dienone is 4. The summed E-state index contributed by atoms with van der Waals surface area (Å²) >= 11 is 0. The Morgan fingerprint density at radius 2 is 0.480 bits per heavy atom. The number of rotatable bonds is 74. The largest absolute Gasteiger partial charge is 1.00 e. The number of quaternary nitrogens is 2. The summed E-state index contributed by atoms with van der Waals surface area (Å²) in [5.41, 5.74) is 0. The van der Waals surface area contributed by atoms with E-state index in [1.165, 1.54) is 218 Å². The van der Waals surface area contributed by atoms with Crippen molar-refractivity contribution in [2.45, 2.75) is 375 Å². The average Bonchev–Trinajstić information content (AvgIpc) is 0.899. The molecule has 2 amide bonds. The lowest BCUT2D eigenvalue weighted by Crippen LogP contribution is -3.00. The maximum Gasteiger partial charge on any atom is 0.305 e. The number of esters is 4. The van der Waals surface area contributed by atoms with Crippen molar-refractivity contribution in [3.63, 3.8) is 0 Å². The Morgan fingerprint density at radius 3 is 0.686 bits per heavy atom. The number of hydrogen-bond donors (Lipinski definition) is 1. The molecule has 0 heterocycles. The third kappa shape index (κ3) is 78.2. The minimum absolute atomic E-state index is 0. The van der Waals surface area contributed by atoms with Crippen LogP contribution in [0.3, 0.4) is 0 Å². The molecule has 0 aliphatic rings. The van der Waals surface area contributed by atoms with Crippen molar-refractivity contribution in [3.8, 4) is 0 Å². The van der Waals surface area contributed by atoms with Crippen LogP contribution in [0.2, 0.25) is 0 Å². The summed E-state index contributed by atoms with van der Waals surface area (Å²) < 4.78 is 22.9. The molecule has 0 aromatic heterocycles. The number of halogens is 2. The highest BCUT2D eigenvalue weighted by Gasteiger charge is 2.26. The van der Waals surface area contributed by atoms with Crippen LogP contribution >= 0.6 is 0 Å². The SMILES string of the molecule is CCCCCCCC/C=C\CCCCCCCC(=O)OCCN(CCOC(=O)CCCCCCC/C=C\CCCCCCCC)C(=O)C[N+](C)(C)CCC.CCCCCCCCCCCCCC(=O)OCCN(CCOC(=O)CCCCCCCCCCCCC)C(=O)C[N+](C)(C)CCO.[Br-].[Br-]. The van der Waals surface area contributed by atoms with Gasteiger partial charge in [0.05, 0.1) is 67.5 Å². The summed E-state index contributed by atoms with van der Waals surface area (Å²) in [6, 6.07) is 0. The number of nitrogens with zero attached hydrogens (tertiary/aromatic N) is 4. The van der Waals surface area contributed by atoms with Crippen LogP contribution in [0.4, 0.5) is 0 Å². The van der Waals surface area contributed by atoms with Crippen molar-refractivity contribution in [1.82, 2.24) is 9.80 Å². The average molecular weight is 1580 g/mol. The Morgan fingerprint density at radius 1 is 0.284 bits per heavy atom. The smallest absolute Gasteiger partial charge is 0.305 e. The van der Waals surface area contributed by atoms with Gasteiger partial charge in [0.1, 0.15) is 33.0 Å². The molecule has 0 aromatic rings. The lowest BCUT2D eigenvalue weighted by molar-refractivity contribution is -0.883. The van der Waals surface area contributed by atoms with E-state index in [9.17, 15) is 33.9 Å². The quantitative estimate of drug-likeness (QED) is 0.0202. The van der Waals surface area contributed by atoms with Crippen LogP contribution in [0.25, 0.3) is 0 Å². The molecule has 17 heteroatoms. The second-order valence-electron chi connectivity index (χ2n) is 30.2. The molecule has 0 saturated carbocycles. The molecule has 0 saturated heterocycles. The summed E-state index contributed by atoms with van der Waals surface area (Å²) in [6.07, 6.45) is 70.9. The van der Waals surface area contributed by atoms with E-state index >= 15 is 0 Å². The number of hydrogen-bond acceptors (Lipinski definition) is 11. The monoisotopic (exact) mass is 1580 g/mol. The van der Waals surface area contributed by atoms with Crippen LogP contribution in [0.1, 0.15) is 375 Å². The molecule has 15 nitrogen and oxygen atoms in total. The first-order valence-corrected chi connectivity index (χ1v) is 42.2. The minimum Gasteiger partial charge on any atom is -1.00 e. The molecule has 0 rings (SSSR count). The summed E-state index contributed by atoms with van der Waals surface area (Å²) in [5.74, 6) is -0.963. The zero-order chi connectivity index (χ0) is 73.9. The van der Waals surface area contributed by atoms with Gasteiger partial charge in [0, 0.05) is 25.7 Å². The highest BCUT2D eigenvalue weighted by molar-refractivity contribution is 5.78. The van der Waals surface area contributed by atoms with Gasteiger partial charge in [0.25, 0.3) is 11.8 Å². The van der Waals surface area contributed by atoms with E-state index < -0.39 is 0 Å². The van der Waals surface area contributed by atoms with Gasteiger partial charge >= 0.3 is 23.9 Å². The van der Waals surface area contributed by atoms with E-state index in [2.05, 4.69) is 73.0 Å². The lowest BCUT2D eigenvalue weighted by Gasteiger charge is -2.31. The van der Waals surface area contributed by atoms with Gasteiger partial charge in [-0.1, -0.05) is 290 Å². The van der Waals surface area contributed by atoms with Crippen molar-refractivity contribution >= 4 is 35.7 Å². The fraction of sp³-hybridized carbons (Fsp3) is 0.882. The number of aliphatic hydroxyl groups is 1. The molecule has 0 atom stereocenters. The number of carbonyl (C=O) groups is 6. The molecule has 0 aliphatic carbocycles. The number of aliphatic hydroxyl groups excluding tert-OH is 1. The van der Waals surface area contributed by atoms with E-state index in [1.54, 1.807) is 9.80 Å². The molecule has 0 unspecified atom stereocenters. The number of likely N-dealkylation sites (N-methyl/N-ethyl adjacent to an activating group) is 2. The van der Waals surface area contributed by atoms with Crippen molar-refractivity contribution in [3.05, 3.63) is 24.3 Å². The molecule has 0 radical (unpaired) electrons. The predicted molar refractivity (Wildman–Crippen MR) is 419 cm³/mol. The van der Waals surface area contributed by atoms with Crippen molar-refractivity contribution in [1.29, 1.82) is 0 Å². The molecule has 0 fully saturated rings. The first-order chi connectivity index (χ1) is 48.5. The lowest BCUT2D eigenvalue weighted by atomic mass is 10.1. The molecule has 102 heavy (non-hydrogen) atoms. The summed E-state index contributed by atoms with van der Waals surface area (Å²) in [7, 11) is 7.91. The Bertz CT molecular complexity index is 1840. The van der Waals surface area contributed by atoms with Gasteiger partial charge in [0.15, 0.2) is 13.1 Å². The Labute approximate surface area is 650 Å². The second-order valence-corrected chi connectivity index (χ2v) is 30.2. The van der Waals surface area contributed by atoms with E-state index in [1.807, 2.05) is 14.1 Å². The van der Waals surface area contributed by atoms with Crippen molar-refractivity contribution in [2.75, 3.05) is 114 Å². The topological polar surface area (TPSA) is 166 Å². The standard InChI is InChI=1S/C47H89N2O5.C38H75N2O6.2BrH/c1-6-9-11-13-15-17-19-21-23-25-27-29-31-33-35-37-46(51)53-42-39-48(45(50)44-49(4,5)41-8-3)40-43-54-47(52)38-36-34-32-30-28-26-24-22-20-18-16-14-12-10-7-2;1-5-7-9-11-13-15-17-19-21-23-25-27-37(43)45-33-29-39(36(42)35-40(3,4)31-32-41)30-34-46-38(44)28-26-24-22-20-18-16-14-12-10-8-6-2;;/h21-24H,6-20,25-44H2,1-5H3;41H,5-35H2,1-4H3;2*1H/q2*+1;;/p-2/b23-21-,24-22-;;;. The number of ether oxygens (including phenoxy) is 4. The third-order valence-corrected chi connectivity index (χ3v) is 19.1. The van der Waals surface area contributed by atoms with Gasteiger partial charge in [-0.2, -0.15) is 0 Å². The van der Waals surface area contributed by atoms with E-state index in [0.717, 1.165) is 103 Å². The summed E-state index contributed by atoms with van der Waals surface area (Å²) in [5, 5.41) is 9.36. The highest BCUT2D eigenvalue weighted by Crippen LogP contribution is 2.17. The van der Waals surface area contributed by atoms with E-state index in [4.69, 9.17) is 18.9 Å². The van der Waals surface area contributed by atoms with Crippen LogP contribution in [0.5, 0.6) is 0 Å². The zero-order valence-corrected chi connectivity index (χ0v) is 71.2. The number of amides is 2. The van der Waals surface area contributed by atoms with Gasteiger partial charge in [-0.15, -0.1) is 0 Å². The third-order valence-electron chi connectivity index (χ3n) is 19.1. The van der Waals surface area contributed by atoms with Crippen molar-refractivity contribution in [2.24, 2.45) is 0 Å². The zero-order valence-electron chi connectivity index (χ0n) is 68.1. The maximum absolute atomic E-state index is 13.3. The van der Waals surface area contributed by atoms with Crippen LogP contribution in [0.15, 0.2) is 24.3 Å². The van der Waals surface area contributed by atoms with Gasteiger partial charge in [-0.05, 0) is 83.5 Å². The second kappa shape index (κ2) is 80.7. The normalized spacial score (nSPS) is 11.5. The minimum atomic E-state index is -0.224. The fourth-order valence-corrected chi connectivity index (χ4v) is 12.6. The van der Waals surface area contributed by atoms with Gasteiger partial charge in [0.2, 0.25) is 0 Å². The number of carbonyl (C=O) groups excluding carboxylic acids is 6. The fourth-order valence-electron chi connectivity index (χ4n) is 12.6. The van der Waals surface area contributed by atoms with E-state index in [0.29, 0.717) is 60.8 Å². The summed E-state index contributed by atoms with van der Waals surface area (Å²) in [4.78, 5) is 79.1. The van der Waals surface area contributed by atoms with E-state index in [-0.39, 0.29) is 122 Å². The molecule has 604 valence electrons. The molecule has 0 spiro atoms.